The number of likely N-dealkylation sites (N-methyl/N-ethyl adjacent to an activating group) is 1. The van der Waals surface area contributed by atoms with Gasteiger partial charge in [0.2, 0.25) is 5.91 Å². The molecule has 0 aromatic carbocycles. The van der Waals surface area contributed by atoms with Crippen molar-refractivity contribution in [2.24, 2.45) is 4.99 Å². The minimum Gasteiger partial charge on any atom is -0.468 e. The largest absolute Gasteiger partial charge is 0.468 e. The van der Waals surface area contributed by atoms with Gasteiger partial charge in [-0.1, -0.05) is 0 Å². The summed E-state index contributed by atoms with van der Waals surface area (Å²) in [5.41, 5.74) is 0.470. The van der Waals surface area contributed by atoms with E-state index in [1.807, 2.05) is 0 Å². The summed E-state index contributed by atoms with van der Waals surface area (Å²) in [6.07, 6.45) is -4.85. The Hall–Kier alpha value is -1.88. The van der Waals surface area contributed by atoms with Crippen LogP contribution in [0.1, 0.15) is 6.92 Å². The molecule has 4 unspecified atom stereocenters. The van der Waals surface area contributed by atoms with Crippen LogP contribution in [0.25, 0.3) is 0 Å². The Kier molecular flexibility index (Phi) is 5.42. The predicted molar refractivity (Wildman–Crippen MR) is 78.8 cm³/mol. The van der Waals surface area contributed by atoms with Gasteiger partial charge in [-0.15, -0.1) is 0 Å². The standard InChI is InChI=1S/C13H22N4O6/c1-6(18)14-7-4-17(2)13(22-3)16-11(7)15-12-10(21)9(20)8(19)5-23-12/h8-10,12,15,19-21H,4-5H2,1-3H3,(H,14,18). The molecule has 1 saturated heterocycles. The summed E-state index contributed by atoms with van der Waals surface area (Å²) in [5.74, 6) is -0.0212. The van der Waals surface area contributed by atoms with Crippen LogP contribution in [0.4, 0.5) is 0 Å². The minimum absolute atomic E-state index is 0.139. The normalized spacial score (nSPS) is 31.6. The molecule has 0 aromatic rings. The summed E-state index contributed by atoms with van der Waals surface area (Å²) in [4.78, 5) is 17.3. The molecule has 4 atom stereocenters. The van der Waals surface area contributed by atoms with Crippen molar-refractivity contribution in [3.8, 4) is 0 Å². The molecule has 5 N–H and O–H groups in total. The molecule has 1 amide bonds. The predicted octanol–water partition coefficient (Wildman–Crippen LogP) is -2.73. The topological polar surface area (TPSA) is 136 Å². The Labute approximate surface area is 133 Å². The first-order chi connectivity index (χ1) is 10.8. The number of nitrogens with zero attached hydrogens (tertiary/aromatic N) is 2. The average molecular weight is 330 g/mol. The molecule has 10 nitrogen and oxygen atoms in total. The van der Waals surface area contributed by atoms with Gasteiger partial charge in [0, 0.05) is 14.0 Å². The van der Waals surface area contributed by atoms with Gasteiger partial charge in [0.1, 0.15) is 18.3 Å². The molecule has 2 aliphatic rings. The Bertz CT molecular complexity index is 523. The van der Waals surface area contributed by atoms with Crippen molar-refractivity contribution in [1.29, 1.82) is 0 Å². The summed E-state index contributed by atoms with van der Waals surface area (Å²) in [6, 6.07) is 0.312. The molecule has 0 radical (unpaired) electrons. The lowest BCUT2D eigenvalue weighted by Gasteiger charge is -2.37. The number of nitrogens with one attached hydrogen (secondary N) is 2. The molecule has 0 saturated carbocycles. The molecular formula is C13H22N4O6. The number of rotatable bonds is 3. The molecule has 2 rings (SSSR count). The van der Waals surface area contributed by atoms with E-state index in [-0.39, 0.29) is 18.3 Å². The monoisotopic (exact) mass is 330 g/mol. The van der Waals surface area contributed by atoms with Crippen LogP contribution in [-0.4, -0.2) is 84.0 Å². The van der Waals surface area contributed by atoms with Gasteiger partial charge in [-0.2, -0.15) is 4.99 Å². The second-order valence-electron chi connectivity index (χ2n) is 5.41. The van der Waals surface area contributed by atoms with Crippen molar-refractivity contribution in [3.05, 3.63) is 11.5 Å². The van der Waals surface area contributed by atoms with Crippen LogP contribution in [0.15, 0.2) is 16.5 Å². The van der Waals surface area contributed by atoms with Crippen molar-refractivity contribution in [2.75, 3.05) is 27.3 Å². The van der Waals surface area contributed by atoms with E-state index in [1.54, 1.807) is 11.9 Å². The number of hydrogen-bond donors (Lipinski definition) is 5. The number of amides is 1. The lowest BCUT2D eigenvalue weighted by molar-refractivity contribution is -0.193. The zero-order chi connectivity index (χ0) is 17.1. The lowest BCUT2D eigenvalue weighted by Crippen LogP contribution is -2.58. The van der Waals surface area contributed by atoms with Gasteiger partial charge in [-0.25, -0.2) is 0 Å². The van der Waals surface area contributed by atoms with Gasteiger partial charge in [0.15, 0.2) is 12.0 Å². The highest BCUT2D eigenvalue weighted by atomic mass is 16.5. The number of aliphatic imine (C=N–C) groups is 1. The smallest absolute Gasteiger partial charge is 0.293 e. The second kappa shape index (κ2) is 7.13. The van der Waals surface area contributed by atoms with E-state index in [0.717, 1.165) is 0 Å². The number of methoxy groups -OCH3 is 1. The summed E-state index contributed by atoms with van der Waals surface area (Å²) >= 11 is 0. The molecule has 0 aliphatic carbocycles. The minimum atomic E-state index is -1.36. The van der Waals surface area contributed by atoms with E-state index < -0.39 is 24.5 Å². The summed E-state index contributed by atoms with van der Waals surface area (Å²) in [5, 5.41) is 34.7. The lowest BCUT2D eigenvalue weighted by atomic mass is 10.0. The first kappa shape index (κ1) is 17.5. The third kappa shape index (κ3) is 3.91. The van der Waals surface area contributed by atoms with E-state index in [1.165, 1.54) is 14.0 Å². The van der Waals surface area contributed by atoms with Crippen LogP contribution in [0.2, 0.25) is 0 Å². The molecule has 130 valence electrons. The number of hydrogen-bond acceptors (Lipinski definition) is 9. The zero-order valence-electron chi connectivity index (χ0n) is 13.2. The van der Waals surface area contributed by atoms with Crippen molar-refractivity contribution < 1.29 is 29.6 Å². The number of aliphatic hydroxyl groups excluding tert-OH is 3. The highest BCUT2D eigenvalue weighted by Gasteiger charge is 2.38. The quantitative estimate of drug-likeness (QED) is 0.376. The van der Waals surface area contributed by atoms with Crippen LogP contribution in [-0.2, 0) is 14.3 Å². The van der Waals surface area contributed by atoms with E-state index in [9.17, 15) is 20.1 Å². The Morgan fingerprint density at radius 3 is 2.70 bits per heavy atom. The van der Waals surface area contributed by atoms with Gasteiger partial charge in [0.05, 0.1) is 26.0 Å². The van der Waals surface area contributed by atoms with Crippen LogP contribution < -0.4 is 10.6 Å². The van der Waals surface area contributed by atoms with Gasteiger partial charge < -0.3 is 40.3 Å². The molecule has 10 heteroatoms. The highest BCUT2D eigenvalue weighted by molar-refractivity contribution is 5.79. The molecule has 0 spiro atoms. The Morgan fingerprint density at radius 2 is 2.09 bits per heavy atom. The van der Waals surface area contributed by atoms with Crippen LogP contribution in [0.3, 0.4) is 0 Å². The summed E-state index contributed by atoms with van der Waals surface area (Å²) in [6.45, 7) is 1.55. The van der Waals surface area contributed by atoms with E-state index >= 15 is 0 Å². The van der Waals surface area contributed by atoms with Crippen molar-refractivity contribution in [2.45, 2.75) is 31.5 Å². The number of amidine groups is 1. The molecule has 23 heavy (non-hydrogen) atoms. The Morgan fingerprint density at radius 1 is 1.39 bits per heavy atom. The number of ether oxygens (including phenoxy) is 2. The molecule has 2 aliphatic heterocycles. The summed E-state index contributed by atoms with van der Waals surface area (Å²) < 4.78 is 10.4. The average Bonchev–Trinajstić information content (AvgIpc) is 2.49. The zero-order valence-corrected chi connectivity index (χ0v) is 13.2. The first-order valence-corrected chi connectivity index (χ1v) is 7.10. The number of carbonyl (C=O) groups is 1. The molecule has 2 heterocycles. The van der Waals surface area contributed by atoms with Gasteiger partial charge in [-0.05, 0) is 0 Å². The van der Waals surface area contributed by atoms with Crippen LogP contribution in [0.5, 0.6) is 0 Å². The summed E-state index contributed by atoms with van der Waals surface area (Å²) in [7, 11) is 3.20. The molecular weight excluding hydrogens is 308 g/mol. The maximum absolute atomic E-state index is 11.3. The fourth-order valence-electron chi connectivity index (χ4n) is 2.33. The van der Waals surface area contributed by atoms with Gasteiger partial charge in [0.25, 0.3) is 6.02 Å². The third-order valence-electron chi connectivity index (χ3n) is 3.50. The highest BCUT2D eigenvalue weighted by Crippen LogP contribution is 2.18. The molecule has 0 bridgehead atoms. The van der Waals surface area contributed by atoms with Crippen molar-refractivity contribution in [1.82, 2.24) is 15.5 Å². The molecule has 1 fully saturated rings. The van der Waals surface area contributed by atoms with Crippen LogP contribution >= 0.6 is 0 Å². The number of aliphatic hydroxyl groups is 3. The van der Waals surface area contributed by atoms with Gasteiger partial charge >= 0.3 is 0 Å². The van der Waals surface area contributed by atoms with E-state index in [4.69, 9.17) is 9.47 Å². The van der Waals surface area contributed by atoms with E-state index in [2.05, 4.69) is 15.6 Å². The first-order valence-electron chi connectivity index (χ1n) is 7.10. The third-order valence-corrected chi connectivity index (χ3v) is 3.50. The second-order valence-corrected chi connectivity index (χ2v) is 5.41. The van der Waals surface area contributed by atoms with Crippen molar-refractivity contribution >= 4 is 11.9 Å². The SMILES string of the molecule is COC1=NC(NC2OCC(O)C(O)C2O)=C(NC(C)=O)CN1C. The fraction of sp³-hybridized carbons (Fsp3) is 0.692. The van der Waals surface area contributed by atoms with Gasteiger partial charge in [-0.3, -0.25) is 4.79 Å². The Balaban J connectivity index is 2.22. The van der Waals surface area contributed by atoms with Crippen LogP contribution in [0, 0.1) is 0 Å². The molecule has 0 aromatic heterocycles. The number of carbonyl (C=O) groups excluding carboxylic acids is 1. The maximum Gasteiger partial charge on any atom is 0.293 e. The van der Waals surface area contributed by atoms with Crippen molar-refractivity contribution in [3.63, 3.8) is 0 Å². The maximum atomic E-state index is 11.3. The van der Waals surface area contributed by atoms with E-state index in [0.29, 0.717) is 18.3 Å². The fourth-order valence-corrected chi connectivity index (χ4v) is 2.33.